The second-order valence-corrected chi connectivity index (χ2v) is 7.08. The van der Waals surface area contributed by atoms with Crippen molar-refractivity contribution in [2.45, 2.75) is 25.4 Å². The molecule has 7 heteroatoms. The third-order valence-corrected chi connectivity index (χ3v) is 5.02. The number of carbonyl (C=O) groups excluding carboxylic acids is 2. The van der Waals surface area contributed by atoms with Crippen LogP contribution in [0.2, 0.25) is 0 Å². The van der Waals surface area contributed by atoms with Gasteiger partial charge in [0.25, 0.3) is 11.8 Å². The number of benzene rings is 1. The Kier molecular flexibility index (Phi) is 5.86. The average molecular weight is 392 g/mol. The topological polar surface area (TPSA) is 84.7 Å². The van der Waals surface area contributed by atoms with Gasteiger partial charge >= 0.3 is 0 Å². The van der Waals surface area contributed by atoms with Crippen LogP contribution in [0.4, 0.5) is 0 Å². The largest absolute Gasteiger partial charge is 0.376 e. The van der Waals surface area contributed by atoms with E-state index in [9.17, 15) is 9.59 Å². The number of hydrogen-bond acceptors (Lipinski definition) is 4. The van der Waals surface area contributed by atoms with E-state index >= 15 is 0 Å². The number of nitrogens with one attached hydrogen (secondary N) is 2. The molecule has 0 bridgehead atoms. The van der Waals surface area contributed by atoms with Crippen molar-refractivity contribution < 1.29 is 14.3 Å². The van der Waals surface area contributed by atoms with Crippen molar-refractivity contribution >= 4 is 17.3 Å². The highest BCUT2D eigenvalue weighted by molar-refractivity contribution is 6.02. The molecule has 4 rings (SSSR count). The number of nitrogens with zero attached hydrogens (tertiary/aromatic N) is 2. The number of pyridine rings is 1. The Morgan fingerprint density at radius 3 is 2.69 bits per heavy atom. The highest BCUT2D eigenvalue weighted by Gasteiger charge is 2.23. The first-order valence-corrected chi connectivity index (χ1v) is 9.91. The fourth-order valence-electron chi connectivity index (χ4n) is 3.50. The fourth-order valence-corrected chi connectivity index (χ4v) is 3.50. The Bertz CT molecular complexity index is 994. The van der Waals surface area contributed by atoms with Crippen LogP contribution >= 0.6 is 0 Å². The quantitative estimate of drug-likeness (QED) is 0.646. The Hall–Kier alpha value is -3.19. The summed E-state index contributed by atoms with van der Waals surface area (Å²) in [5, 5.41) is 5.77. The molecule has 3 heterocycles. The van der Waals surface area contributed by atoms with E-state index in [2.05, 4.69) is 15.6 Å². The van der Waals surface area contributed by atoms with E-state index in [4.69, 9.17) is 4.74 Å². The lowest BCUT2D eigenvalue weighted by Gasteiger charge is -2.10. The molecule has 7 nitrogen and oxygen atoms in total. The number of carbonyl (C=O) groups is 2. The summed E-state index contributed by atoms with van der Waals surface area (Å²) in [4.78, 5) is 29.7. The lowest BCUT2D eigenvalue weighted by Crippen LogP contribution is -2.33. The zero-order valence-corrected chi connectivity index (χ0v) is 16.1. The standard InChI is InChI=1S/C22H24N4O3/c27-21(23-12-11-16-7-2-1-3-8-16)19-18-10-4-5-13-26(18)20(25-19)22(28)24-15-17-9-6-14-29-17/h1-5,7-8,10,13,17H,6,9,11-12,14-15H2,(H,23,27)(H,24,28). The highest BCUT2D eigenvalue weighted by Crippen LogP contribution is 2.14. The molecule has 1 aromatic carbocycles. The Morgan fingerprint density at radius 1 is 1.07 bits per heavy atom. The van der Waals surface area contributed by atoms with Gasteiger partial charge in [-0.1, -0.05) is 36.4 Å². The van der Waals surface area contributed by atoms with Gasteiger partial charge in [-0.2, -0.15) is 0 Å². The van der Waals surface area contributed by atoms with Crippen molar-refractivity contribution in [2.24, 2.45) is 0 Å². The van der Waals surface area contributed by atoms with Crippen LogP contribution in [0.1, 0.15) is 39.5 Å². The molecule has 0 saturated carbocycles. The number of rotatable bonds is 7. The predicted octanol–water partition coefficient (Wildman–Crippen LogP) is 2.22. The smallest absolute Gasteiger partial charge is 0.287 e. The molecular formula is C22H24N4O3. The Labute approximate surface area is 169 Å². The van der Waals surface area contributed by atoms with Crippen LogP contribution in [0.15, 0.2) is 54.7 Å². The molecule has 2 amide bonds. The molecule has 150 valence electrons. The molecule has 1 aliphatic heterocycles. The molecule has 2 aromatic heterocycles. The molecule has 1 unspecified atom stereocenters. The molecule has 1 aliphatic rings. The summed E-state index contributed by atoms with van der Waals surface area (Å²) in [6.45, 7) is 1.68. The van der Waals surface area contributed by atoms with Gasteiger partial charge in [0.1, 0.15) is 0 Å². The molecule has 1 atom stereocenters. The zero-order valence-electron chi connectivity index (χ0n) is 16.1. The molecule has 3 aromatic rings. The first-order valence-electron chi connectivity index (χ1n) is 9.91. The van der Waals surface area contributed by atoms with Crippen molar-refractivity contribution in [1.29, 1.82) is 0 Å². The Balaban J connectivity index is 1.46. The van der Waals surface area contributed by atoms with Crippen molar-refractivity contribution in [3.05, 3.63) is 71.8 Å². The first kappa shape index (κ1) is 19.1. The maximum atomic E-state index is 12.7. The minimum atomic E-state index is -0.315. The number of imidazole rings is 1. The fraction of sp³-hybridized carbons (Fsp3) is 0.318. The van der Waals surface area contributed by atoms with Crippen LogP contribution in [0.25, 0.3) is 5.52 Å². The maximum Gasteiger partial charge on any atom is 0.287 e. The summed E-state index contributed by atoms with van der Waals surface area (Å²) in [5.41, 5.74) is 2.00. The van der Waals surface area contributed by atoms with Crippen LogP contribution in [-0.2, 0) is 11.2 Å². The van der Waals surface area contributed by atoms with Gasteiger partial charge < -0.3 is 15.4 Å². The van der Waals surface area contributed by atoms with Gasteiger partial charge in [-0.3, -0.25) is 14.0 Å². The van der Waals surface area contributed by atoms with E-state index in [-0.39, 0.29) is 29.4 Å². The number of aromatic nitrogens is 2. The SMILES string of the molecule is O=C(NCCc1ccccc1)c1nc(C(=O)NCC2CCCO2)n2ccccc12. The minimum Gasteiger partial charge on any atom is -0.376 e. The average Bonchev–Trinajstić information content (AvgIpc) is 3.41. The summed E-state index contributed by atoms with van der Waals surface area (Å²) >= 11 is 0. The molecule has 0 aliphatic carbocycles. The van der Waals surface area contributed by atoms with Gasteiger partial charge in [0.2, 0.25) is 5.82 Å². The van der Waals surface area contributed by atoms with Crippen LogP contribution < -0.4 is 10.6 Å². The summed E-state index contributed by atoms with van der Waals surface area (Å²) < 4.78 is 7.19. The van der Waals surface area contributed by atoms with E-state index in [1.54, 1.807) is 16.7 Å². The summed E-state index contributed by atoms with van der Waals surface area (Å²) in [5.74, 6) is -0.403. The number of amides is 2. The first-order chi connectivity index (χ1) is 14.2. The molecule has 0 spiro atoms. The van der Waals surface area contributed by atoms with Crippen molar-refractivity contribution in [1.82, 2.24) is 20.0 Å². The summed E-state index contributed by atoms with van der Waals surface area (Å²) in [6.07, 6.45) is 4.47. The lowest BCUT2D eigenvalue weighted by molar-refractivity contribution is 0.0848. The lowest BCUT2D eigenvalue weighted by atomic mass is 10.1. The minimum absolute atomic E-state index is 0.0472. The molecule has 1 fully saturated rings. The van der Waals surface area contributed by atoms with Gasteiger partial charge in [-0.25, -0.2) is 4.98 Å². The van der Waals surface area contributed by atoms with Crippen LogP contribution in [0, 0.1) is 0 Å². The van der Waals surface area contributed by atoms with Gasteiger partial charge in [0, 0.05) is 25.9 Å². The summed E-state index contributed by atoms with van der Waals surface area (Å²) in [7, 11) is 0. The van der Waals surface area contributed by atoms with Crippen LogP contribution in [0.3, 0.4) is 0 Å². The highest BCUT2D eigenvalue weighted by atomic mass is 16.5. The molecule has 29 heavy (non-hydrogen) atoms. The van der Waals surface area contributed by atoms with Gasteiger partial charge in [-0.15, -0.1) is 0 Å². The van der Waals surface area contributed by atoms with Crippen molar-refractivity contribution in [3.8, 4) is 0 Å². The van der Waals surface area contributed by atoms with E-state index in [0.717, 1.165) is 31.4 Å². The Morgan fingerprint density at radius 2 is 1.90 bits per heavy atom. The van der Waals surface area contributed by atoms with Crippen molar-refractivity contribution in [3.63, 3.8) is 0 Å². The third kappa shape index (κ3) is 4.46. The van der Waals surface area contributed by atoms with Crippen LogP contribution in [-0.4, -0.2) is 47.0 Å². The van der Waals surface area contributed by atoms with Gasteiger partial charge in [0.05, 0.1) is 11.6 Å². The number of ether oxygens (including phenoxy) is 1. The monoisotopic (exact) mass is 392 g/mol. The summed E-state index contributed by atoms with van der Waals surface area (Å²) in [6, 6.07) is 15.4. The van der Waals surface area contributed by atoms with Crippen LogP contribution in [0.5, 0.6) is 0 Å². The van der Waals surface area contributed by atoms with Crippen molar-refractivity contribution in [2.75, 3.05) is 19.7 Å². The molecule has 0 radical (unpaired) electrons. The molecule has 1 saturated heterocycles. The third-order valence-electron chi connectivity index (χ3n) is 5.02. The maximum absolute atomic E-state index is 12.7. The van der Waals surface area contributed by atoms with E-state index in [1.165, 1.54) is 0 Å². The van der Waals surface area contributed by atoms with Gasteiger partial charge in [0.15, 0.2) is 5.69 Å². The van der Waals surface area contributed by atoms with E-state index in [0.29, 0.717) is 18.6 Å². The molecule has 2 N–H and O–H groups in total. The van der Waals surface area contributed by atoms with E-state index in [1.807, 2.05) is 42.5 Å². The normalized spacial score (nSPS) is 16.1. The van der Waals surface area contributed by atoms with Gasteiger partial charge in [-0.05, 0) is 37.0 Å². The molecular weight excluding hydrogens is 368 g/mol. The second kappa shape index (κ2) is 8.87. The zero-order chi connectivity index (χ0) is 20.1. The number of hydrogen-bond donors (Lipinski definition) is 2. The predicted molar refractivity (Wildman–Crippen MR) is 109 cm³/mol. The second-order valence-electron chi connectivity index (χ2n) is 7.08. The van der Waals surface area contributed by atoms with E-state index < -0.39 is 0 Å². The number of fused-ring (bicyclic) bond motifs is 1.